The van der Waals surface area contributed by atoms with E-state index in [-0.39, 0.29) is 11.5 Å². The Hall–Kier alpha value is -2.23. The molecule has 0 aliphatic heterocycles. The van der Waals surface area contributed by atoms with Crippen molar-refractivity contribution in [1.29, 1.82) is 0 Å². The quantitative estimate of drug-likeness (QED) is 0.843. The summed E-state index contributed by atoms with van der Waals surface area (Å²) in [4.78, 5) is 15.1. The van der Waals surface area contributed by atoms with Crippen LogP contribution in [0.5, 0.6) is 0 Å². The fourth-order valence-electron chi connectivity index (χ4n) is 1.53. The lowest BCUT2D eigenvalue weighted by Crippen LogP contribution is -2.22. The molecule has 0 saturated carbocycles. The van der Waals surface area contributed by atoms with Crippen molar-refractivity contribution in [3.05, 3.63) is 65.2 Å². The van der Waals surface area contributed by atoms with E-state index >= 15 is 0 Å². The Bertz CT molecular complexity index is 552. The van der Waals surface area contributed by atoms with Crippen LogP contribution in [0.15, 0.2) is 42.6 Å². The summed E-state index contributed by atoms with van der Waals surface area (Å²) in [5.74, 6) is -0.963. The molecule has 1 aromatic heterocycles. The first kappa shape index (κ1) is 12.2. The maximum atomic E-state index is 12.8. The van der Waals surface area contributed by atoms with Gasteiger partial charge >= 0.3 is 0 Å². The Balaban J connectivity index is 1.98. The number of nitrogens with zero attached hydrogens (tertiary/aromatic N) is 1. The predicted octanol–water partition coefficient (Wildman–Crippen LogP) is 2.46. The van der Waals surface area contributed by atoms with E-state index < -0.39 is 5.95 Å². The average Bonchev–Trinajstić information content (AvgIpc) is 2.38. The summed E-state index contributed by atoms with van der Waals surface area (Å²) in [7, 11) is 0. The summed E-state index contributed by atoms with van der Waals surface area (Å²) in [6.45, 7) is 2.42. The highest BCUT2D eigenvalue weighted by Crippen LogP contribution is 2.04. The Morgan fingerprint density at radius 2 is 2.00 bits per heavy atom. The van der Waals surface area contributed by atoms with Crippen LogP contribution in [0, 0.1) is 12.9 Å². The number of benzene rings is 1. The largest absolute Gasteiger partial charge is 0.348 e. The summed E-state index contributed by atoms with van der Waals surface area (Å²) in [5, 5.41) is 2.73. The highest BCUT2D eigenvalue weighted by molar-refractivity contribution is 5.93. The van der Waals surface area contributed by atoms with Crippen molar-refractivity contribution >= 4 is 5.91 Å². The van der Waals surface area contributed by atoms with Crippen molar-refractivity contribution in [1.82, 2.24) is 10.3 Å². The van der Waals surface area contributed by atoms with E-state index in [1.165, 1.54) is 17.8 Å². The number of aromatic nitrogens is 1. The fraction of sp³-hybridized carbons (Fsp3) is 0.143. The topological polar surface area (TPSA) is 42.0 Å². The predicted molar refractivity (Wildman–Crippen MR) is 66.5 cm³/mol. The molecule has 0 aliphatic rings. The molecule has 0 aliphatic carbocycles. The van der Waals surface area contributed by atoms with E-state index in [0.717, 1.165) is 11.6 Å². The molecule has 3 nitrogen and oxygen atoms in total. The molecular formula is C14H13FN2O. The van der Waals surface area contributed by atoms with E-state index in [2.05, 4.69) is 10.3 Å². The van der Waals surface area contributed by atoms with Gasteiger partial charge in [-0.1, -0.05) is 29.8 Å². The third-order valence-corrected chi connectivity index (χ3v) is 2.56. The molecule has 2 rings (SSSR count). The molecule has 1 N–H and O–H groups in total. The first-order valence-electron chi connectivity index (χ1n) is 5.60. The molecule has 0 fully saturated rings. The Kier molecular flexibility index (Phi) is 3.67. The van der Waals surface area contributed by atoms with E-state index in [0.29, 0.717) is 6.54 Å². The SMILES string of the molecule is Cc1ccc(CNC(=O)c2ccnc(F)c2)cc1. The fourth-order valence-corrected chi connectivity index (χ4v) is 1.53. The minimum Gasteiger partial charge on any atom is -0.348 e. The zero-order chi connectivity index (χ0) is 13.0. The molecule has 0 unspecified atom stereocenters. The summed E-state index contributed by atoms with van der Waals surface area (Å²) < 4.78 is 12.8. The monoisotopic (exact) mass is 244 g/mol. The molecule has 18 heavy (non-hydrogen) atoms. The molecule has 2 aromatic rings. The number of pyridine rings is 1. The molecule has 0 atom stereocenters. The minimum absolute atomic E-state index is 0.273. The number of halogens is 1. The van der Waals surface area contributed by atoms with Crippen LogP contribution in [0.2, 0.25) is 0 Å². The van der Waals surface area contributed by atoms with Crippen molar-refractivity contribution < 1.29 is 9.18 Å². The molecule has 0 bridgehead atoms. The minimum atomic E-state index is -0.655. The Morgan fingerprint density at radius 3 is 2.67 bits per heavy atom. The van der Waals surface area contributed by atoms with Gasteiger partial charge in [-0.05, 0) is 18.6 Å². The van der Waals surface area contributed by atoms with Crippen LogP contribution in [0.4, 0.5) is 4.39 Å². The summed E-state index contributed by atoms with van der Waals surface area (Å²) >= 11 is 0. The van der Waals surface area contributed by atoms with Crippen molar-refractivity contribution in [3.8, 4) is 0 Å². The van der Waals surface area contributed by atoms with Gasteiger partial charge in [0.1, 0.15) is 0 Å². The van der Waals surface area contributed by atoms with Crippen LogP contribution in [0.1, 0.15) is 21.5 Å². The maximum absolute atomic E-state index is 12.8. The van der Waals surface area contributed by atoms with Gasteiger partial charge < -0.3 is 5.32 Å². The molecule has 0 spiro atoms. The Morgan fingerprint density at radius 1 is 1.28 bits per heavy atom. The number of aryl methyl sites for hydroxylation is 1. The van der Waals surface area contributed by atoms with Crippen LogP contribution >= 0.6 is 0 Å². The number of hydrogen-bond donors (Lipinski definition) is 1. The summed E-state index contributed by atoms with van der Waals surface area (Å²) in [6, 6.07) is 10.4. The van der Waals surface area contributed by atoms with Crippen LogP contribution in [0.25, 0.3) is 0 Å². The van der Waals surface area contributed by atoms with Gasteiger partial charge in [-0.25, -0.2) is 4.98 Å². The number of hydrogen-bond acceptors (Lipinski definition) is 2. The van der Waals surface area contributed by atoms with Crippen LogP contribution < -0.4 is 5.32 Å². The van der Waals surface area contributed by atoms with Crippen LogP contribution in [-0.4, -0.2) is 10.9 Å². The molecular weight excluding hydrogens is 231 g/mol. The number of carbonyl (C=O) groups excluding carboxylic acids is 1. The zero-order valence-electron chi connectivity index (χ0n) is 9.98. The summed E-state index contributed by atoms with van der Waals surface area (Å²) in [6.07, 6.45) is 1.27. The second-order valence-corrected chi connectivity index (χ2v) is 4.04. The molecule has 0 radical (unpaired) electrons. The van der Waals surface area contributed by atoms with Gasteiger partial charge in [-0.2, -0.15) is 4.39 Å². The number of rotatable bonds is 3. The van der Waals surface area contributed by atoms with Gasteiger partial charge in [-0.15, -0.1) is 0 Å². The first-order chi connectivity index (χ1) is 8.65. The number of amides is 1. The Labute approximate surface area is 105 Å². The number of nitrogens with one attached hydrogen (secondary N) is 1. The lowest BCUT2D eigenvalue weighted by molar-refractivity contribution is 0.0950. The second kappa shape index (κ2) is 5.40. The van der Waals surface area contributed by atoms with Gasteiger partial charge in [0.25, 0.3) is 5.91 Å². The molecule has 1 amide bonds. The maximum Gasteiger partial charge on any atom is 0.251 e. The smallest absolute Gasteiger partial charge is 0.251 e. The lowest BCUT2D eigenvalue weighted by atomic mass is 10.1. The average molecular weight is 244 g/mol. The van der Waals surface area contributed by atoms with Crippen molar-refractivity contribution in [2.45, 2.75) is 13.5 Å². The summed E-state index contributed by atoms with van der Waals surface area (Å²) in [5.41, 5.74) is 2.44. The van der Waals surface area contributed by atoms with Gasteiger partial charge in [0, 0.05) is 24.4 Å². The standard InChI is InChI=1S/C14H13FN2O/c1-10-2-4-11(5-3-10)9-17-14(18)12-6-7-16-13(15)8-12/h2-8H,9H2,1H3,(H,17,18). The van der Waals surface area contributed by atoms with Gasteiger partial charge in [-0.3, -0.25) is 4.79 Å². The highest BCUT2D eigenvalue weighted by Gasteiger charge is 2.06. The third-order valence-electron chi connectivity index (χ3n) is 2.56. The van der Waals surface area contributed by atoms with E-state index in [1.54, 1.807) is 0 Å². The van der Waals surface area contributed by atoms with Crippen molar-refractivity contribution in [3.63, 3.8) is 0 Å². The van der Waals surface area contributed by atoms with Gasteiger partial charge in [0.15, 0.2) is 0 Å². The van der Waals surface area contributed by atoms with Crippen LogP contribution in [0.3, 0.4) is 0 Å². The lowest BCUT2D eigenvalue weighted by Gasteiger charge is -2.05. The van der Waals surface area contributed by atoms with Crippen molar-refractivity contribution in [2.75, 3.05) is 0 Å². The molecule has 1 heterocycles. The molecule has 0 saturated heterocycles. The van der Waals surface area contributed by atoms with Crippen LogP contribution in [-0.2, 0) is 6.54 Å². The number of carbonyl (C=O) groups is 1. The van der Waals surface area contributed by atoms with Gasteiger partial charge in [0.2, 0.25) is 5.95 Å². The normalized spacial score (nSPS) is 10.1. The van der Waals surface area contributed by atoms with Gasteiger partial charge in [0.05, 0.1) is 0 Å². The van der Waals surface area contributed by atoms with E-state index in [1.807, 2.05) is 31.2 Å². The third kappa shape index (κ3) is 3.13. The molecule has 1 aromatic carbocycles. The first-order valence-corrected chi connectivity index (χ1v) is 5.60. The molecule has 4 heteroatoms. The second-order valence-electron chi connectivity index (χ2n) is 4.04. The molecule has 92 valence electrons. The van der Waals surface area contributed by atoms with E-state index in [4.69, 9.17) is 0 Å². The highest BCUT2D eigenvalue weighted by atomic mass is 19.1. The van der Waals surface area contributed by atoms with E-state index in [9.17, 15) is 9.18 Å². The van der Waals surface area contributed by atoms with Crippen molar-refractivity contribution in [2.24, 2.45) is 0 Å². The zero-order valence-corrected chi connectivity index (χ0v) is 9.98.